The van der Waals surface area contributed by atoms with Gasteiger partial charge in [-0.15, -0.1) is 0 Å². The van der Waals surface area contributed by atoms with Crippen LogP contribution in [0.3, 0.4) is 0 Å². The number of phenols is 1. The summed E-state index contributed by atoms with van der Waals surface area (Å²) in [5.41, 5.74) is 18.6. The Bertz CT molecular complexity index is 2350. The minimum atomic E-state index is -1.30. The Morgan fingerprint density at radius 1 is 0.722 bits per heavy atom. The van der Waals surface area contributed by atoms with Gasteiger partial charge < -0.3 is 96.0 Å². The zero-order chi connectivity index (χ0) is 56.4. The Kier molecular flexibility index (Phi) is 36.4. The standard InChI is InChI=1S/C46H66N12O9.2C2H4O2.4H2O/c1-5-27(4)38(57-40(61)33(21-29-15-17-31(59)18-16-29)53-42(63)37(26(2)3)56-39(60)32(47)13-9-19-51-46(48)49)43(64)54-34(23-30-24-50-25-52-30)44(65)58-20-10-14-36(58)41(62)55-35(45(66)67)22-28-11-7-6-8-12-28;2*1-2(3)4;;;;/h6-8,11-12,15-18,24-27,32-38,59H,5,9-10,13-14,19-23,47H2,1-4H3,(H,50,52)(H,53,63)(H,54,64)(H,55,62)(H,56,60)(H,57,61)(H,66,67)(H4,48,49,51);2*1H3,(H,3,4);4*1H2/t27-,32-,33-,34-,35-,36-,37-,38-;;;;;;/m0....../s1. The van der Waals surface area contributed by atoms with Crippen LogP contribution in [0.2, 0.25) is 0 Å². The summed E-state index contributed by atoms with van der Waals surface area (Å²) in [4.78, 5) is 127. The number of aliphatic imine (C=N–C) groups is 1. The van der Waals surface area contributed by atoms with Crippen LogP contribution in [0.15, 0.2) is 72.1 Å². The van der Waals surface area contributed by atoms with Gasteiger partial charge in [-0.1, -0.05) is 76.6 Å². The number of aromatic hydroxyl groups is 1. The molecule has 29 heteroatoms. The van der Waals surface area contributed by atoms with Crippen molar-refractivity contribution in [2.45, 2.75) is 135 Å². The first-order valence-corrected chi connectivity index (χ1v) is 24.4. The summed E-state index contributed by atoms with van der Waals surface area (Å²) in [5.74, 6) is -7.97. The van der Waals surface area contributed by atoms with Crippen LogP contribution >= 0.6 is 0 Å². The van der Waals surface area contributed by atoms with Crippen LogP contribution < -0.4 is 43.8 Å². The number of hydrogen-bond donors (Lipinski definition) is 13. The summed E-state index contributed by atoms with van der Waals surface area (Å²) in [5, 5.41) is 48.4. The Labute approximate surface area is 457 Å². The molecule has 4 rings (SSSR count). The molecule has 29 nitrogen and oxygen atoms in total. The van der Waals surface area contributed by atoms with Gasteiger partial charge in [0, 0.05) is 58.1 Å². The molecular formula is C50H82N12O17. The van der Waals surface area contributed by atoms with E-state index in [2.05, 4.69) is 41.5 Å². The smallest absolute Gasteiger partial charge is 0.326 e. The van der Waals surface area contributed by atoms with Gasteiger partial charge in [0.15, 0.2) is 5.96 Å². The number of imidazole rings is 1. The number of carbonyl (C=O) groups excluding carboxylic acids is 6. The lowest BCUT2D eigenvalue weighted by Crippen LogP contribution is -2.61. The van der Waals surface area contributed by atoms with Crippen LogP contribution in [-0.2, 0) is 62.4 Å². The lowest BCUT2D eigenvalue weighted by Gasteiger charge is -2.32. The molecule has 6 amide bonds. The fourth-order valence-corrected chi connectivity index (χ4v) is 7.64. The second kappa shape index (κ2) is 38.3. The number of nitrogens with zero attached hydrogens (tertiary/aromatic N) is 3. The number of aliphatic carboxylic acids is 3. The first-order valence-electron chi connectivity index (χ1n) is 24.4. The molecule has 3 aromatic rings. The summed E-state index contributed by atoms with van der Waals surface area (Å²) < 4.78 is 0. The summed E-state index contributed by atoms with van der Waals surface area (Å²) in [6, 6.07) is 6.64. The molecular weight excluding hydrogens is 1040 g/mol. The molecule has 0 aliphatic carbocycles. The number of likely N-dealkylation sites (tertiary alicyclic amines) is 1. The molecule has 444 valence electrons. The van der Waals surface area contributed by atoms with E-state index in [1.807, 2.05) is 6.92 Å². The van der Waals surface area contributed by atoms with E-state index in [9.17, 15) is 43.8 Å². The van der Waals surface area contributed by atoms with Gasteiger partial charge in [0.05, 0.1) is 12.4 Å². The number of nitrogens with two attached hydrogens (primary N) is 3. The van der Waals surface area contributed by atoms with E-state index >= 15 is 0 Å². The number of rotatable bonds is 25. The van der Waals surface area contributed by atoms with Crippen molar-refractivity contribution >= 4 is 59.3 Å². The maximum atomic E-state index is 14.5. The molecule has 1 saturated heterocycles. The Hall–Kier alpha value is -8.25. The van der Waals surface area contributed by atoms with Crippen molar-refractivity contribution in [1.29, 1.82) is 0 Å². The SMILES string of the molecule is CC(=O)O.CC(=O)O.CC[C@H](C)[C@H](NC(=O)[C@H](Cc1ccc(O)cc1)NC(=O)[C@@H](NC(=O)[C@@H](N)CCCN=C(N)N)C(C)C)C(=O)N[C@@H](Cc1cnc[nH]1)C(=O)N1CCC[C@H]1C(=O)N[C@@H](Cc1ccccc1)C(=O)O.O.O.O.O. The highest BCUT2D eigenvalue weighted by Gasteiger charge is 2.41. The predicted octanol–water partition coefficient (Wildman–Crippen LogP) is -3.39. The van der Waals surface area contributed by atoms with Crippen molar-refractivity contribution in [2.75, 3.05) is 13.1 Å². The molecule has 1 aliphatic heterocycles. The van der Waals surface area contributed by atoms with Gasteiger partial charge >= 0.3 is 5.97 Å². The van der Waals surface area contributed by atoms with Crippen molar-refractivity contribution < 1.29 is 85.5 Å². The number of phenolic OH excluding ortho intramolecular Hbond substituents is 1. The predicted molar refractivity (Wildman–Crippen MR) is 290 cm³/mol. The third-order valence-electron chi connectivity index (χ3n) is 11.7. The van der Waals surface area contributed by atoms with Gasteiger partial charge in [-0.05, 0) is 60.8 Å². The minimum absolute atomic E-state index is 0. The number of H-pyrrole nitrogens is 1. The Balaban J connectivity index is -0.00000449. The van der Waals surface area contributed by atoms with Gasteiger partial charge in [-0.3, -0.25) is 43.3 Å². The topological polar surface area (TPSA) is 543 Å². The molecule has 0 spiro atoms. The quantitative estimate of drug-likeness (QED) is 0.0224. The number of guanidine groups is 1. The van der Waals surface area contributed by atoms with E-state index in [-0.39, 0.29) is 78.8 Å². The first kappa shape index (κ1) is 75.0. The van der Waals surface area contributed by atoms with Crippen LogP contribution in [-0.4, -0.2) is 172 Å². The third-order valence-corrected chi connectivity index (χ3v) is 11.7. The second-order valence-electron chi connectivity index (χ2n) is 18.2. The van der Waals surface area contributed by atoms with Crippen molar-refractivity contribution in [3.63, 3.8) is 0 Å². The highest BCUT2D eigenvalue weighted by molar-refractivity contribution is 5.97. The van der Waals surface area contributed by atoms with E-state index < -0.39 is 107 Å². The fourth-order valence-electron chi connectivity index (χ4n) is 7.64. The molecule has 1 fully saturated rings. The fraction of sp³-hybridized carbons (Fsp3) is 0.500. The maximum absolute atomic E-state index is 14.5. The highest BCUT2D eigenvalue weighted by Crippen LogP contribution is 2.21. The molecule has 0 radical (unpaired) electrons. The molecule has 8 atom stereocenters. The molecule has 0 unspecified atom stereocenters. The molecule has 79 heavy (non-hydrogen) atoms. The summed E-state index contributed by atoms with van der Waals surface area (Å²) in [6.07, 6.45) is 4.52. The average molecular weight is 1120 g/mol. The van der Waals surface area contributed by atoms with E-state index in [0.717, 1.165) is 13.8 Å². The number of carbonyl (C=O) groups is 9. The van der Waals surface area contributed by atoms with Crippen LogP contribution in [0.5, 0.6) is 5.75 Å². The van der Waals surface area contributed by atoms with Crippen molar-refractivity contribution in [3.8, 4) is 5.75 Å². The van der Waals surface area contributed by atoms with Crippen LogP contribution in [0.1, 0.15) is 90.5 Å². The van der Waals surface area contributed by atoms with Crippen LogP contribution in [0, 0.1) is 11.8 Å². The van der Waals surface area contributed by atoms with Gasteiger partial charge in [-0.25, -0.2) is 9.78 Å². The van der Waals surface area contributed by atoms with Crippen LogP contribution in [0.4, 0.5) is 0 Å². The van der Waals surface area contributed by atoms with E-state index in [0.29, 0.717) is 36.1 Å². The molecule has 24 N–H and O–H groups in total. The van der Waals surface area contributed by atoms with Gasteiger partial charge in [0.25, 0.3) is 11.9 Å². The highest BCUT2D eigenvalue weighted by atomic mass is 16.4. The summed E-state index contributed by atoms with van der Waals surface area (Å²) >= 11 is 0. The van der Waals surface area contributed by atoms with E-state index in [1.165, 1.54) is 29.6 Å². The zero-order valence-corrected chi connectivity index (χ0v) is 45.2. The van der Waals surface area contributed by atoms with Gasteiger partial charge in [0.1, 0.15) is 42.0 Å². The normalized spacial score (nSPS) is 14.7. The van der Waals surface area contributed by atoms with Crippen molar-refractivity contribution in [1.82, 2.24) is 41.5 Å². The molecule has 2 heterocycles. The number of hydrogen-bond acceptors (Lipinski definition) is 13. The number of aromatic amines is 1. The zero-order valence-electron chi connectivity index (χ0n) is 45.2. The van der Waals surface area contributed by atoms with Crippen molar-refractivity contribution in [2.24, 2.45) is 34.0 Å². The number of carboxylic acids is 3. The second-order valence-corrected chi connectivity index (χ2v) is 18.2. The monoisotopic (exact) mass is 1120 g/mol. The molecule has 1 aromatic heterocycles. The Morgan fingerprint density at radius 3 is 1.77 bits per heavy atom. The van der Waals surface area contributed by atoms with E-state index in [4.69, 9.17) is 37.0 Å². The minimum Gasteiger partial charge on any atom is -0.508 e. The molecule has 0 bridgehead atoms. The molecule has 0 saturated carbocycles. The lowest BCUT2D eigenvalue weighted by atomic mass is 9.96. The van der Waals surface area contributed by atoms with Gasteiger partial charge in [0.2, 0.25) is 35.4 Å². The van der Waals surface area contributed by atoms with E-state index in [1.54, 1.807) is 63.2 Å². The number of benzene rings is 2. The Morgan fingerprint density at radius 2 is 1.25 bits per heavy atom. The largest absolute Gasteiger partial charge is 0.508 e. The average Bonchev–Trinajstić information content (AvgIpc) is 4.06. The third kappa shape index (κ3) is 27.6. The maximum Gasteiger partial charge on any atom is 0.326 e. The number of carboxylic acid groups (broad SMARTS) is 3. The first-order chi connectivity index (χ1) is 35.3. The molecule has 1 aliphatic rings. The van der Waals surface area contributed by atoms with Crippen molar-refractivity contribution in [3.05, 3.63) is 83.9 Å². The summed E-state index contributed by atoms with van der Waals surface area (Å²) in [7, 11) is 0. The molecule has 2 aromatic carbocycles. The number of nitrogens with one attached hydrogen (secondary N) is 6. The van der Waals surface area contributed by atoms with Crippen LogP contribution in [0.25, 0.3) is 0 Å². The number of amides is 6. The summed E-state index contributed by atoms with van der Waals surface area (Å²) in [6.45, 7) is 9.57. The van der Waals surface area contributed by atoms with Gasteiger partial charge in [-0.2, -0.15) is 0 Å². The lowest BCUT2D eigenvalue weighted by molar-refractivity contribution is -0.145. The number of aromatic nitrogens is 2.